The number of aromatic nitrogens is 1. The zero-order chi connectivity index (χ0) is 14.4. The number of hydrogen-bond acceptors (Lipinski definition) is 4. The Labute approximate surface area is 118 Å². The molecule has 0 fully saturated rings. The Bertz CT molecular complexity index is 564. The van der Waals surface area contributed by atoms with Crippen molar-refractivity contribution >= 4 is 5.91 Å². The van der Waals surface area contributed by atoms with Gasteiger partial charge in [-0.1, -0.05) is 18.2 Å². The molecular weight excluding hydrogens is 256 g/mol. The molecule has 0 aliphatic heterocycles. The van der Waals surface area contributed by atoms with E-state index in [1.165, 1.54) is 0 Å². The Hall–Kier alpha value is -2.14. The van der Waals surface area contributed by atoms with Crippen molar-refractivity contribution in [2.75, 3.05) is 20.3 Å². The summed E-state index contributed by atoms with van der Waals surface area (Å²) >= 11 is 0. The standard InChI is InChI=1S/C15H18N2O3/c1-11-13(14(18)16-9-6-10-19-2)17-15(20-11)12-7-4-3-5-8-12/h3-5,7-8H,6,9-10H2,1-2H3,(H,16,18). The zero-order valence-electron chi connectivity index (χ0n) is 11.7. The lowest BCUT2D eigenvalue weighted by Crippen LogP contribution is -2.26. The number of amides is 1. The molecule has 0 spiro atoms. The van der Waals surface area contributed by atoms with Crippen LogP contribution in [0.25, 0.3) is 11.5 Å². The molecule has 0 saturated heterocycles. The van der Waals surface area contributed by atoms with Crippen LogP contribution in [-0.4, -0.2) is 31.2 Å². The first kappa shape index (κ1) is 14.3. The van der Waals surface area contributed by atoms with Crippen molar-refractivity contribution in [3.63, 3.8) is 0 Å². The number of ether oxygens (including phenoxy) is 1. The highest BCUT2D eigenvalue weighted by molar-refractivity contribution is 5.93. The summed E-state index contributed by atoms with van der Waals surface area (Å²) < 4.78 is 10.5. The van der Waals surface area contributed by atoms with E-state index in [9.17, 15) is 4.79 Å². The fraction of sp³-hybridized carbons (Fsp3) is 0.333. The predicted octanol–water partition coefficient (Wildman–Crippen LogP) is 2.42. The van der Waals surface area contributed by atoms with Crippen molar-refractivity contribution in [1.29, 1.82) is 0 Å². The van der Waals surface area contributed by atoms with Gasteiger partial charge in [-0.15, -0.1) is 0 Å². The van der Waals surface area contributed by atoms with Crippen LogP contribution in [0, 0.1) is 6.92 Å². The summed E-state index contributed by atoms with van der Waals surface area (Å²) in [6.45, 7) is 2.91. The first-order valence-electron chi connectivity index (χ1n) is 6.52. The third kappa shape index (κ3) is 3.45. The fourth-order valence-electron chi connectivity index (χ4n) is 1.81. The fourth-order valence-corrected chi connectivity index (χ4v) is 1.81. The van der Waals surface area contributed by atoms with Gasteiger partial charge in [0.25, 0.3) is 5.91 Å². The molecule has 1 aromatic carbocycles. The monoisotopic (exact) mass is 274 g/mol. The molecule has 106 valence electrons. The lowest BCUT2D eigenvalue weighted by molar-refractivity contribution is 0.0943. The zero-order valence-corrected chi connectivity index (χ0v) is 11.7. The largest absolute Gasteiger partial charge is 0.441 e. The summed E-state index contributed by atoms with van der Waals surface area (Å²) in [5, 5.41) is 2.80. The number of oxazole rings is 1. The van der Waals surface area contributed by atoms with Crippen molar-refractivity contribution < 1.29 is 13.9 Å². The number of hydrogen-bond donors (Lipinski definition) is 1. The molecule has 0 bridgehead atoms. The minimum atomic E-state index is -0.218. The van der Waals surface area contributed by atoms with Gasteiger partial charge in [-0.3, -0.25) is 4.79 Å². The predicted molar refractivity (Wildman–Crippen MR) is 75.5 cm³/mol. The van der Waals surface area contributed by atoms with Gasteiger partial charge >= 0.3 is 0 Å². The molecule has 0 radical (unpaired) electrons. The van der Waals surface area contributed by atoms with Crippen LogP contribution < -0.4 is 5.32 Å². The molecule has 0 aliphatic carbocycles. The van der Waals surface area contributed by atoms with Crippen LogP contribution >= 0.6 is 0 Å². The number of carbonyl (C=O) groups excluding carboxylic acids is 1. The average molecular weight is 274 g/mol. The Kier molecular flexibility index (Phi) is 4.90. The van der Waals surface area contributed by atoms with Gasteiger partial charge in [0.1, 0.15) is 5.76 Å². The van der Waals surface area contributed by atoms with Gasteiger partial charge in [0, 0.05) is 25.8 Å². The second-order valence-corrected chi connectivity index (χ2v) is 4.39. The van der Waals surface area contributed by atoms with E-state index in [1.807, 2.05) is 30.3 Å². The quantitative estimate of drug-likeness (QED) is 0.822. The number of methoxy groups -OCH3 is 1. The Balaban J connectivity index is 2.06. The lowest BCUT2D eigenvalue weighted by atomic mass is 10.2. The topological polar surface area (TPSA) is 64.4 Å². The highest BCUT2D eigenvalue weighted by Gasteiger charge is 2.17. The second kappa shape index (κ2) is 6.86. The summed E-state index contributed by atoms with van der Waals surface area (Å²) in [6.07, 6.45) is 0.769. The smallest absolute Gasteiger partial charge is 0.273 e. The SMILES string of the molecule is COCCCNC(=O)c1nc(-c2ccccc2)oc1C. The molecule has 1 N–H and O–H groups in total. The summed E-state index contributed by atoms with van der Waals surface area (Å²) in [5.74, 6) is 0.766. The number of carbonyl (C=O) groups is 1. The molecular formula is C15H18N2O3. The van der Waals surface area contributed by atoms with Gasteiger partial charge in [0.05, 0.1) is 0 Å². The molecule has 2 rings (SSSR count). The maximum absolute atomic E-state index is 12.0. The molecule has 0 atom stereocenters. The van der Waals surface area contributed by atoms with Crippen LogP contribution in [0.4, 0.5) is 0 Å². The number of rotatable bonds is 6. The number of benzene rings is 1. The van der Waals surface area contributed by atoms with Gasteiger partial charge in [0.2, 0.25) is 5.89 Å². The van der Waals surface area contributed by atoms with Crippen LogP contribution in [-0.2, 0) is 4.74 Å². The third-order valence-corrected chi connectivity index (χ3v) is 2.84. The molecule has 5 nitrogen and oxygen atoms in total. The van der Waals surface area contributed by atoms with E-state index < -0.39 is 0 Å². The lowest BCUT2D eigenvalue weighted by Gasteiger charge is -2.02. The molecule has 5 heteroatoms. The van der Waals surface area contributed by atoms with Gasteiger partial charge in [-0.25, -0.2) is 4.98 Å². The van der Waals surface area contributed by atoms with Crippen molar-refractivity contribution in [3.8, 4) is 11.5 Å². The van der Waals surface area contributed by atoms with Gasteiger partial charge < -0.3 is 14.5 Å². The van der Waals surface area contributed by atoms with Crippen molar-refractivity contribution in [3.05, 3.63) is 41.8 Å². The van der Waals surface area contributed by atoms with E-state index in [0.717, 1.165) is 12.0 Å². The molecule has 1 heterocycles. The van der Waals surface area contributed by atoms with E-state index in [1.54, 1.807) is 14.0 Å². The molecule has 1 amide bonds. The normalized spacial score (nSPS) is 10.5. The molecule has 0 saturated carbocycles. The first-order chi connectivity index (χ1) is 9.72. The van der Waals surface area contributed by atoms with E-state index >= 15 is 0 Å². The average Bonchev–Trinajstić information content (AvgIpc) is 2.86. The van der Waals surface area contributed by atoms with E-state index in [-0.39, 0.29) is 5.91 Å². The molecule has 20 heavy (non-hydrogen) atoms. The van der Waals surface area contributed by atoms with Crippen molar-refractivity contribution in [1.82, 2.24) is 10.3 Å². The third-order valence-electron chi connectivity index (χ3n) is 2.84. The Morgan fingerprint density at radius 3 is 2.80 bits per heavy atom. The Morgan fingerprint density at radius 1 is 1.35 bits per heavy atom. The number of aryl methyl sites for hydroxylation is 1. The minimum Gasteiger partial charge on any atom is -0.441 e. The molecule has 2 aromatic rings. The van der Waals surface area contributed by atoms with Gasteiger partial charge in [0.15, 0.2) is 5.69 Å². The van der Waals surface area contributed by atoms with Crippen LogP contribution in [0.1, 0.15) is 22.7 Å². The van der Waals surface area contributed by atoms with Crippen molar-refractivity contribution in [2.24, 2.45) is 0 Å². The summed E-state index contributed by atoms with van der Waals surface area (Å²) in [7, 11) is 1.63. The minimum absolute atomic E-state index is 0.218. The van der Waals surface area contributed by atoms with E-state index in [2.05, 4.69) is 10.3 Å². The van der Waals surface area contributed by atoms with Crippen LogP contribution in [0.15, 0.2) is 34.7 Å². The Morgan fingerprint density at radius 2 is 2.10 bits per heavy atom. The highest BCUT2D eigenvalue weighted by atomic mass is 16.5. The number of nitrogens with zero attached hydrogens (tertiary/aromatic N) is 1. The van der Waals surface area contributed by atoms with Crippen LogP contribution in [0.3, 0.4) is 0 Å². The van der Waals surface area contributed by atoms with Gasteiger partial charge in [-0.2, -0.15) is 0 Å². The van der Waals surface area contributed by atoms with E-state index in [0.29, 0.717) is 30.5 Å². The molecule has 1 aromatic heterocycles. The summed E-state index contributed by atoms with van der Waals surface area (Å²) in [6, 6.07) is 9.51. The number of nitrogens with one attached hydrogen (secondary N) is 1. The van der Waals surface area contributed by atoms with Crippen LogP contribution in [0.2, 0.25) is 0 Å². The van der Waals surface area contributed by atoms with Crippen LogP contribution in [0.5, 0.6) is 0 Å². The maximum atomic E-state index is 12.0. The first-order valence-corrected chi connectivity index (χ1v) is 6.52. The molecule has 0 aliphatic rings. The second-order valence-electron chi connectivity index (χ2n) is 4.39. The molecule has 0 unspecified atom stereocenters. The maximum Gasteiger partial charge on any atom is 0.273 e. The summed E-state index contributed by atoms with van der Waals surface area (Å²) in [5.41, 5.74) is 1.19. The van der Waals surface area contributed by atoms with Gasteiger partial charge in [-0.05, 0) is 25.5 Å². The van der Waals surface area contributed by atoms with E-state index in [4.69, 9.17) is 9.15 Å². The van der Waals surface area contributed by atoms with Crippen molar-refractivity contribution in [2.45, 2.75) is 13.3 Å². The summed E-state index contributed by atoms with van der Waals surface area (Å²) in [4.78, 5) is 16.3. The highest BCUT2D eigenvalue weighted by Crippen LogP contribution is 2.21.